The van der Waals surface area contributed by atoms with E-state index in [0.29, 0.717) is 5.70 Å². The van der Waals surface area contributed by atoms with Crippen LogP contribution >= 0.6 is 39.5 Å². The molecule has 0 spiro atoms. The van der Waals surface area contributed by atoms with Crippen LogP contribution in [0.4, 0.5) is 0 Å². The Bertz CT molecular complexity index is 819. The summed E-state index contributed by atoms with van der Waals surface area (Å²) >= 11 is 6.23. The summed E-state index contributed by atoms with van der Waals surface area (Å²) in [7, 11) is 1.62. The third-order valence-electron chi connectivity index (χ3n) is 3.29. The highest BCUT2D eigenvalue weighted by molar-refractivity contribution is 9.10. The van der Waals surface area contributed by atoms with Crippen LogP contribution in [0.5, 0.6) is 5.75 Å². The molecule has 24 heavy (non-hydrogen) atoms. The average molecular weight is 420 g/mol. The van der Waals surface area contributed by atoms with Crippen molar-refractivity contribution in [1.29, 1.82) is 0 Å². The van der Waals surface area contributed by atoms with Crippen LogP contribution in [0.1, 0.15) is 11.1 Å². The number of ether oxygens (including phenoxy) is 1. The number of nitrogens with zero attached hydrogens (tertiary/aromatic N) is 1. The Morgan fingerprint density at radius 3 is 2.75 bits per heavy atom. The maximum Gasteiger partial charge on any atom is 0.244 e. The van der Waals surface area contributed by atoms with Crippen molar-refractivity contribution < 1.29 is 9.53 Å². The van der Waals surface area contributed by atoms with E-state index in [1.54, 1.807) is 24.9 Å². The van der Waals surface area contributed by atoms with Crippen LogP contribution in [0, 0.1) is 0 Å². The molecular weight excluding hydrogens is 406 g/mol. The van der Waals surface area contributed by atoms with Crippen molar-refractivity contribution in [3.05, 3.63) is 69.8 Å². The largest absolute Gasteiger partial charge is 0.496 e. The second kappa shape index (κ2) is 8.05. The lowest BCUT2D eigenvalue weighted by molar-refractivity contribution is -0.107. The first-order valence-corrected chi connectivity index (χ1v) is 9.78. The molecule has 1 heterocycles. The van der Waals surface area contributed by atoms with Gasteiger partial charge in [-0.3, -0.25) is 4.79 Å². The lowest BCUT2D eigenvalue weighted by Gasteiger charge is -2.03. The molecule has 6 heteroatoms. The van der Waals surface area contributed by atoms with Gasteiger partial charge in [0.2, 0.25) is 5.12 Å². The molecule has 1 aliphatic heterocycles. The molecule has 3 rings (SSSR count). The van der Waals surface area contributed by atoms with Crippen molar-refractivity contribution in [2.75, 3.05) is 7.11 Å². The Hall–Kier alpha value is -1.50. The predicted octanol–water partition coefficient (Wildman–Crippen LogP) is 5.36. The van der Waals surface area contributed by atoms with E-state index in [2.05, 4.69) is 33.1 Å². The lowest BCUT2D eigenvalue weighted by atomic mass is 10.2. The Balaban J connectivity index is 1.72. The van der Waals surface area contributed by atoms with Crippen molar-refractivity contribution in [1.82, 2.24) is 0 Å². The number of hydrogen-bond donors (Lipinski definition) is 0. The van der Waals surface area contributed by atoms with Crippen LogP contribution in [-0.2, 0) is 10.5 Å². The molecule has 0 aliphatic carbocycles. The number of carbonyl (C=O) groups is 1. The maximum atomic E-state index is 12.1. The minimum atomic E-state index is -0.0162. The van der Waals surface area contributed by atoms with E-state index in [-0.39, 0.29) is 5.12 Å². The summed E-state index contributed by atoms with van der Waals surface area (Å²) in [5.41, 5.74) is 2.60. The Kier molecular flexibility index (Phi) is 5.81. The molecule has 0 aromatic heterocycles. The molecule has 3 nitrogen and oxygen atoms in total. The molecule has 0 saturated heterocycles. The number of methoxy groups -OCH3 is 1. The number of hydrogen-bond acceptors (Lipinski definition) is 5. The molecular formula is C18H14BrNO2S2. The zero-order valence-corrected chi connectivity index (χ0v) is 16.1. The second-order valence-electron chi connectivity index (χ2n) is 4.97. The van der Waals surface area contributed by atoms with Crippen LogP contribution in [0.3, 0.4) is 0 Å². The fourth-order valence-corrected chi connectivity index (χ4v) is 4.46. The standard InChI is InChI=1S/C18H14BrNO2S2/c1-22-16-8-7-13(9-14(16)19)10-15-17(21)24-18(20-15)23-11-12-5-3-2-4-6-12/h2-10H,11H2,1H3/b15-10-. The van der Waals surface area contributed by atoms with Crippen LogP contribution in [0.15, 0.2) is 63.7 Å². The molecule has 2 aromatic carbocycles. The van der Waals surface area contributed by atoms with Gasteiger partial charge in [-0.2, -0.15) is 0 Å². The third-order valence-corrected chi connectivity index (χ3v) is 5.98. The molecule has 0 fully saturated rings. The topological polar surface area (TPSA) is 38.7 Å². The SMILES string of the molecule is COc1ccc(/C=C2\N=C(SCc3ccccc3)SC2=O)cc1Br. The number of carbonyl (C=O) groups excluding carboxylic acids is 1. The van der Waals surface area contributed by atoms with E-state index in [9.17, 15) is 4.79 Å². The van der Waals surface area contributed by atoms with Crippen molar-refractivity contribution in [2.24, 2.45) is 4.99 Å². The maximum absolute atomic E-state index is 12.1. The summed E-state index contributed by atoms with van der Waals surface area (Å²) in [6.07, 6.45) is 1.80. The minimum absolute atomic E-state index is 0.0162. The number of halogens is 1. The number of rotatable bonds is 4. The van der Waals surface area contributed by atoms with Gasteiger partial charge in [-0.1, -0.05) is 48.2 Å². The van der Waals surface area contributed by atoms with Gasteiger partial charge in [0.15, 0.2) is 0 Å². The van der Waals surface area contributed by atoms with Gasteiger partial charge in [-0.05, 0) is 57.0 Å². The quantitative estimate of drug-likeness (QED) is 0.624. The van der Waals surface area contributed by atoms with Crippen LogP contribution in [0.25, 0.3) is 6.08 Å². The van der Waals surface area contributed by atoms with Crippen molar-refractivity contribution in [2.45, 2.75) is 5.75 Å². The summed E-state index contributed by atoms with van der Waals surface area (Å²) in [6, 6.07) is 15.8. The molecule has 122 valence electrons. The normalized spacial score (nSPS) is 15.7. The Morgan fingerprint density at radius 2 is 2.04 bits per heavy atom. The molecule has 0 amide bonds. The lowest BCUT2D eigenvalue weighted by Crippen LogP contribution is -1.89. The van der Waals surface area contributed by atoms with Gasteiger partial charge in [0.1, 0.15) is 15.8 Å². The fourth-order valence-electron chi connectivity index (χ4n) is 2.10. The fraction of sp³-hybridized carbons (Fsp3) is 0.111. The summed E-state index contributed by atoms with van der Waals surface area (Å²) in [4.78, 5) is 16.6. The summed E-state index contributed by atoms with van der Waals surface area (Å²) in [5, 5.41) is -0.0162. The van der Waals surface area contributed by atoms with Gasteiger partial charge in [0.05, 0.1) is 11.6 Å². The first kappa shape index (κ1) is 17.3. The molecule has 2 aromatic rings. The summed E-state index contributed by atoms with van der Waals surface area (Å²) in [5.74, 6) is 1.56. The minimum Gasteiger partial charge on any atom is -0.496 e. The van der Waals surface area contributed by atoms with E-state index in [4.69, 9.17) is 4.74 Å². The Labute approximate surface area is 157 Å². The van der Waals surface area contributed by atoms with Crippen molar-refractivity contribution in [3.8, 4) is 5.75 Å². The second-order valence-corrected chi connectivity index (χ2v) is 8.00. The van der Waals surface area contributed by atoms with Crippen molar-refractivity contribution >= 4 is 55.0 Å². The van der Waals surface area contributed by atoms with Gasteiger partial charge in [-0.25, -0.2) is 4.99 Å². The molecule has 0 atom stereocenters. The molecule has 0 bridgehead atoms. The molecule has 0 radical (unpaired) electrons. The molecule has 1 aliphatic rings. The van der Waals surface area contributed by atoms with E-state index < -0.39 is 0 Å². The monoisotopic (exact) mass is 419 g/mol. The molecule has 0 N–H and O–H groups in total. The number of benzene rings is 2. The zero-order chi connectivity index (χ0) is 16.9. The third kappa shape index (κ3) is 4.32. The average Bonchev–Trinajstić information content (AvgIpc) is 2.94. The highest BCUT2D eigenvalue weighted by Crippen LogP contribution is 2.33. The van der Waals surface area contributed by atoms with Gasteiger partial charge in [0, 0.05) is 5.75 Å². The molecule has 0 saturated carbocycles. The first-order valence-electron chi connectivity index (χ1n) is 7.18. The smallest absolute Gasteiger partial charge is 0.244 e. The van der Waals surface area contributed by atoms with E-state index in [1.807, 2.05) is 36.4 Å². The van der Waals surface area contributed by atoms with Crippen LogP contribution in [0.2, 0.25) is 0 Å². The van der Waals surface area contributed by atoms with Gasteiger partial charge in [-0.15, -0.1) is 0 Å². The highest BCUT2D eigenvalue weighted by Gasteiger charge is 2.22. The Morgan fingerprint density at radius 1 is 1.25 bits per heavy atom. The van der Waals surface area contributed by atoms with E-state index in [0.717, 1.165) is 25.9 Å². The first-order chi connectivity index (χ1) is 11.7. The summed E-state index contributed by atoms with van der Waals surface area (Å²) < 4.78 is 6.85. The van der Waals surface area contributed by atoms with E-state index >= 15 is 0 Å². The van der Waals surface area contributed by atoms with Crippen LogP contribution in [-0.4, -0.2) is 16.6 Å². The van der Waals surface area contributed by atoms with Gasteiger partial charge in [0.25, 0.3) is 0 Å². The van der Waals surface area contributed by atoms with Gasteiger partial charge < -0.3 is 4.74 Å². The highest BCUT2D eigenvalue weighted by atomic mass is 79.9. The van der Waals surface area contributed by atoms with Crippen molar-refractivity contribution in [3.63, 3.8) is 0 Å². The predicted molar refractivity (Wildman–Crippen MR) is 106 cm³/mol. The zero-order valence-electron chi connectivity index (χ0n) is 12.9. The van der Waals surface area contributed by atoms with Gasteiger partial charge >= 0.3 is 0 Å². The summed E-state index contributed by atoms with van der Waals surface area (Å²) in [6.45, 7) is 0. The number of aliphatic imine (C=N–C) groups is 1. The molecule has 0 unspecified atom stereocenters. The number of thioether (sulfide) groups is 2. The van der Waals surface area contributed by atoms with E-state index in [1.165, 1.54) is 17.3 Å². The van der Waals surface area contributed by atoms with Crippen LogP contribution < -0.4 is 4.74 Å².